The molecule has 6 rings (SSSR count). The topological polar surface area (TPSA) is 54.3 Å². The smallest absolute Gasteiger partial charge is 0.161 e. The predicted molar refractivity (Wildman–Crippen MR) is 200 cm³/mol. The van der Waals surface area contributed by atoms with Gasteiger partial charge >= 0.3 is 0 Å². The highest BCUT2D eigenvalue weighted by Crippen LogP contribution is 2.05. The summed E-state index contributed by atoms with van der Waals surface area (Å²) in [5.74, 6) is 0. The van der Waals surface area contributed by atoms with Crippen LogP contribution in [0.2, 0.25) is 0 Å². The van der Waals surface area contributed by atoms with Crippen LogP contribution in [0.5, 0.6) is 0 Å². The number of hydrogen-bond acceptors (Lipinski definition) is 3. The maximum atomic E-state index is 5.22. The summed E-state index contributed by atoms with van der Waals surface area (Å²) in [6.45, 7) is 32.2. The van der Waals surface area contributed by atoms with Crippen molar-refractivity contribution in [2.75, 3.05) is 66.1 Å². The molecule has 0 aromatic heterocycles. The number of allylic oxidation sites excluding steroid dienone is 4. The molecule has 282 valence electrons. The van der Waals surface area contributed by atoms with Gasteiger partial charge in [-0.3, -0.25) is 0 Å². The molecular formula is C40H74N6O3. The fraction of sp³-hybridized carbons (Fsp3) is 0.550. The van der Waals surface area contributed by atoms with Crippen LogP contribution >= 0.6 is 0 Å². The molecule has 9 heteroatoms. The van der Waals surface area contributed by atoms with Gasteiger partial charge in [-0.25, -0.2) is 0 Å². The van der Waals surface area contributed by atoms with E-state index in [0.717, 1.165) is 77.4 Å². The minimum absolute atomic E-state index is 0.679. The molecule has 6 unspecified atom stereocenters. The number of quaternary nitrogens is 6. The van der Waals surface area contributed by atoms with Gasteiger partial charge < -0.3 is 43.6 Å². The SMILES string of the molecule is C=C1CCCCC[NH+]1[CH2-].C=C1CCCC[NH+]1[CH2-].C=C1CCCOC[NH+]1[CH2-].C=C1CCC[NH+]1[CH2-].C=C1CCOC[NH+]1[CH2-].C=C1COCC[NH+]1[CH2-]. The summed E-state index contributed by atoms with van der Waals surface area (Å²) >= 11 is 0. The minimum Gasteiger partial charge on any atom is -0.439 e. The third-order valence-electron chi connectivity index (χ3n) is 9.31. The van der Waals surface area contributed by atoms with Crippen LogP contribution in [0.3, 0.4) is 0 Å². The molecule has 6 aliphatic heterocycles. The highest BCUT2D eigenvalue weighted by atomic mass is 16.5. The van der Waals surface area contributed by atoms with Crippen molar-refractivity contribution in [2.24, 2.45) is 0 Å². The van der Waals surface area contributed by atoms with E-state index >= 15 is 0 Å². The first kappa shape index (κ1) is 45.1. The lowest BCUT2D eigenvalue weighted by molar-refractivity contribution is -0.844. The van der Waals surface area contributed by atoms with Gasteiger partial charge in [0.2, 0.25) is 0 Å². The molecule has 0 radical (unpaired) electrons. The van der Waals surface area contributed by atoms with Crippen molar-refractivity contribution in [3.05, 3.63) is 116 Å². The van der Waals surface area contributed by atoms with E-state index in [1.54, 1.807) is 0 Å². The zero-order valence-electron chi connectivity index (χ0n) is 31.3. The van der Waals surface area contributed by atoms with Gasteiger partial charge in [-0.15, -0.1) is 42.3 Å². The molecule has 6 fully saturated rings. The molecule has 0 aromatic rings. The van der Waals surface area contributed by atoms with Gasteiger partial charge in [0.05, 0.1) is 80.2 Å². The predicted octanol–water partition coefficient (Wildman–Crippen LogP) is -0.213. The third-order valence-corrected chi connectivity index (χ3v) is 9.31. The fourth-order valence-corrected chi connectivity index (χ4v) is 5.31. The molecule has 6 saturated heterocycles. The molecule has 0 aromatic carbocycles. The van der Waals surface area contributed by atoms with Gasteiger partial charge in [0.25, 0.3) is 0 Å². The summed E-state index contributed by atoms with van der Waals surface area (Å²) in [5.41, 5.74) is 7.18. The van der Waals surface area contributed by atoms with Gasteiger partial charge in [-0.05, 0) is 78.0 Å². The van der Waals surface area contributed by atoms with E-state index in [4.69, 9.17) is 14.2 Å². The first-order chi connectivity index (χ1) is 23.3. The van der Waals surface area contributed by atoms with E-state index < -0.39 is 0 Å². The number of rotatable bonds is 0. The second kappa shape index (κ2) is 26.8. The standard InChI is InChI=1S/C8H15N.C7H13NO.C7H13N.2C6H11NO.C6H11N/c1-8-6-4-3-5-7-9(8)2;1-7-4-3-5-9-6-8(7)2;1-7-5-3-4-6-8(7)2;1-6-5-8-4-3-7(6)2;1-6-3-4-8-5-7(6)2;1-6-4-3-5-7(6)2/h9H,1-7H2;8H,1-6H2;8H,1-6H2;2*7H,1-5H2;7H,1-5H2. The van der Waals surface area contributed by atoms with Crippen molar-refractivity contribution in [1.29, 1.82) is 0 Å². The van der Waals surface area contributed by atoms with E-state index in [9.17, 15) is 0 Å². The van der Waals surface area contributed by atoms with E-state index in [2.05, 4.69) is 81.8 Å². The lowest BCUT2D eigenvalue weighted by atomic mass is 10.1. The van der Waals surface area contributed by atoms with Crippen molar-refractivity contribution < 1.29 is 43.6 Å². The minimum atomic E-state index is 0.679. The maximum Gasteiger partial charge on any atom is 0.161 e. The van der Waals surface area contributed by atoms with Crippen LogP contribution in [-0.4, -0.2) is 66.1 Å². The molecule has 49 heavy (non-hydrogen) atoms. The Morgan fingerprint density at radius 3 is 1.22 bits per heavy atom. The monoisotopic (exact) mass is 687 g/mol. The Morgan fingerprint density at radius 1 is 0.347 bits per heavy atom. The summed E-state index contributed by atoms with van der Waals surface area (Å²) < 4.78 is 15.4. The number of hydrogen-bond donors (Lipinski definition) is 6. The Labute approximate surface area is 302 Å². The Balaban J connectivity index is 0.000000294. The molecule has 6 aliphatic rings. The Bertz CT molecular complexity index is 924. The summed E-state index contributed by atoms with van der Waals surface area (Å²) in [7, 11) is 23.1. The first-order valence-corrected chi connectivity index (χ1v) is 18.2. The Morgan fingerprint density at radius 2 is 0.755 bits per heavy atom. The van der Waals surface area contributed by atoms with Crippen molar-refractivity contribution in [3.8, 4) is 0 Å². The number of nitrogens with one attached hydrogen (secondary N) is 6. The van der Waals surface area contributed by atoms with E-state index in [1.807, 2.05) is 0 Å². The van der Waals surface area contributed by atoms with Gasteiger partial charge in [0.1, 0.15) is 6.61 Å². The first-order valence-electron chi connectivity index (χ1n) is 18.2. The largest absolute Gasteiger partial charge is 0.439 e. The molecule has 6 atom stereocenters. The normalized spacial score (nSPS) is 30.5. The molecular weight excluding hydrogens is 612 g/mol. The molecule has 6 heterocycles. The second-order valence-corrected chi connectivity index (χ2v) is 13.6. The molecule has 0 amide bonds. The average Bonchev–Trinajstić information content (AvgIpc) is 3.22. The quantitative estimate of drug-likeness (QED) is 0.200. The van der Waals surface area contributed by atoms with Crippen molar-refractivity contribution >= 4 is 0 Å². The van der Waals surface area contributed by atoms with Gasteiger partial charge in [-0.1, -0.05) is 0 Å². The van der Waals surface area contributed by atoms with E-state index in [1.165, 1.54) is 109 Å². The lowest BCUT2D eigenvalue weighted by Gasteiger charge is -2.26. The highest BCUT2D eigenvalue weighted by Gasteiger charge is 2.11. The van der Waals surface area contributed by atoms with Crippen LogP contribution in [0.25, 0.3) is 0 Å². The van der Waals surface area contributed by atoms with Crippen LogP contribution in [0.1, 0.15) is 77.0 Å². The molecule has 0 spiro atoms. The number of likely N-dealkylation sites (tertiary alicyclic amines) is 3. The maximum absolute atomic E-state index is 5.22. The second-order valence-electron chi connectivity index (χ2n) is 13.6. The fourth-order valence-electron chi connectivity index (χ4n) is 5.31. The van der Waals surface area contributed by atoms with E-state index in [-0.39, 0.29) is 0 Å². The highest BCUT2D eigenvalue weighted by molar-refractivity contribution is 4.84. The summed E-state index contributed by atoms with van der Waals surface area (Å²) in [6, 6.07) is 0. The van der Waals surface area contributed by atoms with Crippen LogP contribution < -0.4 is 29.4 Å². The van der Waals surface area contributed by atoms with Crippen molar-refractivity contribution in [2.45, 2.75) is 77.0 Å². The third kappa shape index (κ3) is 21.1. The molecule has 0 bridgehead atoms. The molecule has 6 N–H and O–H groups in total. The zero-order valence-corrected chi connectivity index (χ0v) is 31.3. The van der Waals surface area contributed by atoms with Crippen molar-refractivity contribution in [1.82, 2.24) is 0 Å². The van der Waals surface area contributed by atoms with Gasteiger partial charge in [0.15, 0.2) is 13.5 Å². The number of morpholine rings is 1. The van der Waals surface area contributed by atoms with Gasteiger partial charge in [0, 0.05) is 38.5 Å². The summed E-state index contributed by atoms with van der Waals surface area (Å²) in [4.78, 5) is 7.09. The van der Waals surface area contributed by atoms with E-state index in [0.29, 0.717) is 20.1 Å². The molecule has 9 nitrogen and oxygen atoms in total. The average molecular weight is 687 g/mol. The Hall–Kier alpha value is -1.92. The lowest BCUT2D eigenvalue weighted by Crippen LogP contribution is -3.07. The summed E-state index contributed by atoms with van der Waals surface area (Å²) in [5, 5.41) is 0. The zero-order chi connectivity index (χ0) is 36.6. The van der Waals surface area contributed by atoms with Gasteiger partial charge in [-0.2, -0.15) is 0 Å². The van der Waals surface area contributed by atoms with Crippen molar-refractivity contribution in [3.63, 3.8) is 0 Å². The van der Waals surface area contributed by atoms with Crippen LogP contribution in [0.15, 0.2) is 73.7 Å². The van der Waals surface area contributed by atoms with Crippen LogP contribution in [0, 0.1) is 42.3 Å². The molecule has 0 saturated carbocycles. The Kier molecular flexibility index (Phi) is 24.7. The number of piperidine rings is 1. The van der Waals surface area contributed by atoms with Crippen LogP contribution in [-0.2, 0) is 14.2 Å². The number of ether oxygens (including phenoxy) is 3. The summed E-state index contributed by atoms with van der Waals surface area (Å²) in [6.07, 6.45) is 14.5. The molecule has 0 aliphatic carbocycles. The van der Waals surface area contributed by atoms with Crippen LogP contribution in [0.4, 0.5) is 0 Å².